The van der Waals surface area contributed by atoms with Crippen LogP contribution in [0.5, 0.6) is 0 Å². The van der Waals surface area contributed by atoms with Crippen molar-refractivity contribution in [2.24, 2.45) is 0 Å². The fraction of sp³-hybridized carbons (Fsp3) is 0.348. The summed E-state index contributed by atoms with van der Waals surface area (Å²) in [5.74, 6) is -0.958. The highest BCUT2D eigenvalue weighted by molar-refractivity contribution is 5.97. The van der Waals surface area contributed by atoms with Gasteiger partial charge < -0.3 is 16.0 Å². The zero-order valence-corrected chi connectivity index (χ0v) is 18.4. The van der Waals surface area contributed by atoms with E-state index in [0.717, 1.165) is 5.69 Å². The number of carbonyl (C=O) groups excluding carboxylic acids is 3. The van der Waals surface area contributed by atoms with Gasteiger partial charge in [-0.3, -0.25) is 29.4 Å². The highest BCUT2D eigenvalue weighted by Gasteiger charge is 2.22. The molecule has 0 radical (unpaired) electrons. The first kappa shape index (κ1) is 23.9. The minimum absolute atomic E-state index is 0.0386. The van der Waals surface area contributed by atoms with Gasteiger partial charge in [0, 0.05) is 42.0 Å². The minimum atomic E-state index is -0.549. The molecule has 1 heterocycles. The molecule has 0 saturated carbocycles. The number of aryl methyl sites for hydroxylation is 1. The molecule has 0 aromatic heterocycles. The van der Waals surface area contributed by atoms with Crippen LogP contribution in [0.1, 0.15) is 28.8 Å². The monoisotopic (exact) mass is 453 g/mol. The minimum Gasteiger partial charge on any atom is -0.352 e. The van der Waals surface area contributed by atoms with Crippen LogP contribution in [0.25, 0.3) is 0 Å². The van der Waals surface area contributed by atoms with E-state index in [-0.39, 0.29) is 42.2 Å². The summed E-state index contributed by atoms with van der Waals surface area (Å²) in [5.41, 5.74) is 1.20. The predicted octanol–water partition coefficient (Wildman–Crippen LogP) is 1.85. The molecule has 0 unspecified atom stereocenters. The van der Waals surface area contributed by atoms with Gasteiger partial charge in [-0.1, -0.05) is 24.3 Å². The second-order valence-electron chi connectivity index (χ2n) is 7.97. The fourth-order valence-electron chi connectivity index (χ4n) is 3.65. The predicted molar refractivity (Wildman–Crippen MR) is 123 cm³/mol. The topological polar surface area (TPSA) is 134 Å². The van der Waals surface area contributed by atoms with Crippen LogP contribution in [0.2, 0.25) is 0 Å². The van der Waals surface area contributed by atoms with Gasteiger partial charge in [-0.25, -0.2) is 0 Å². The SMILES string of the molecule is Cc1ccc(C(=O)NCC(=O)NC2CCN(CC(=O)Nc3ccccc3)CC2)cc1[N+](=O)[O-]. The third kappa shape index (κ3) is 7.11. The molecule has 3 amide bonds. The number of nitrogens with zero attached hydrogens (tertiary/aromatic N) is 2. The zero-order chi connectivity index (χ0) is 23.8. The number of carbonyl (C=O) groups is 3. The Morgan fingerprint density at radius 1 is 1.06 bits per heavy atom. The normalized spacial score (nSPS) is 14.3. The average Bonchev–Trinajstić information content (AvgIpc) is 2.79. The molecule has 0 atom stereocenters. The number of hydrogen-bond donors (Lipinski definition) is 3. The summed E-state index contributed by atoms with van der Waals surface area (Å²) in [6.45, 7) is 3.00. The number of nitro groups is 1. The summed E-state index contributed by atoms with van der Waals surface area (Å²) in [6.07, 6.45) is 1.39. The largest absolute Gasteiger partial charge is 0.352 e. The molecular formula is C23H27N5O5. The van der Waals surface area contributed by atoms with Crippen molar-refractivity contribution in [2.45, 2.75) is 25.8 Å². The van der Waals surface area contributed by atoms with E-state index in [2.05, 4.69) is 16.0 Å². The Balaban J connectivity index is 1.38. The first-order chi connectivity index (χ1) is 15.8. The van der Waals surface area contributed by atoms with Crippen LogP contribution in [0.3, 0.4) is 0 Å². The van der Waals surface area contributed by atoms with Gasteiger partial charge in [0.25, 0.3) is 11.6 Å². The second-order valence-corrected chi connectivity index (χ2v) is 7.97. The van der Waals surface area contributed by atoms with E-state index in [0.29, 0.717) is 31.5 Å². The van der Waals surface area contributed by atoms with Gasteiger partial charge in [0.05, 0.1) is 18.0 Å². The first-order valence-corrected chi connectivity index (χ1v) is 10.7. The second kappa shape index (κ2) is 11.2. The highest BCUT2D eigenvalue weighted by atomic mass is 16.6. The van der Waals surface area contributed by atoms with Crippen molar-refractivity contribution < 1.29 is 19.3 Å². The number of para-hydroxylation sites is 1. The molecule has 1 fully saturated rings. The average molecular weight is 453 g/mol. The van der Waals surface area contributed by atoms with Gasteiger partial charge >= 0.3 is 0 Å². The van der Waals surface area contributed by atoms with Crippen molar-refractivity contribution in [1.29, 1.82) is 0 Å². The summed E-state index contributed by atoms with van der Waals surface area (Å²) in [4.78, 5) is 49.2. The molecule has 3 rings (SSSR count). The van der Waals surface area contributed by atoms with Crippen molar-refractivity contribution in [3.8, 4) is 0 Å². The van der Waals surface area contributed by atoms with Gasteiger partial charge in [0.15, 0.2) is 0 Å². The number of nitro benzene ring substituents is 1. The number of rotatable bonds is 8. The zero-order valence-electron chi connectivity index (χ0n) is 18.4. The molecular weight excluding hydrogens is 426 g/mol. The third-order valence-corrected chi connectivity index (χ3v) is 5.45. The maximum absolute atomic E-state index is 12.2. The molecule has 10 nitrogen and oxygen atoms in total. The lowest BCUT2D eigenvalue weighted by Gasteiger charge is -2.31. The molecule has 10 heteroatoms. The van der Waals surface area contributed by atoms with Crippen molar-refractivity contribution in [1.82, 2.24) is 15.5 Å². The van der Waals surface area contributed by atoms with Crippen LogP contribution in [0, 0.1) is 17.0 Å². The molecule has 0 spiro atoms. The first-order valence-electron chi connectivity index (χ1n) is 10.7. The Kier molecular flexibility index (Phi) is 8.09. The van der Waals surface area contributed by atoms with E-state index in [1.807, 2.05) is 35.2 Å². The maximum atomic E-state index is 12.2. The fourth-order valence-corrected chi connectivity index (χ4v) is 3.65. The third-order valence-electron chi connectivity index (χ3n) is 5.45. The summed E-state index contributed by atoms with van der Waals surface area (Å²) >= 11 is 0. The van der Waals surface area contributed by atoms with Crippen LogP contribution in [-0.4, -0.2) is 59.8 Å². The molecule has 174 valence electrons. The Bertz CT molecular complexity index is 1020. The number of benzene rings is 2. The van der Waals surface area contributed by atoms with Gasteiger partial charge in [0.2, 0.25) is 11.8 Å². The van der Waals surface area contributed by atoms with Crippen LogP contribution >= 0.6 is 0 Å². The van der Waals surface area contributed by atoms with Gasteiger partial charge in [0.1, 0.15) is 0 Å². The van der Waals surface area contributed by atoms with Crippen LogP contribution in [0.15, 0.2) is 48.5 Å². The van der Waals surface area contributed by atoms with E-state index in [4.69, 9.17) is 0 Å². The number of nitrogens with one attached hydrogen (secondary N) is 3. The Labute approximate surface area is 191 Å². The number of piperidine rings is 1. The van der Waals surface area contributed by atoms with Crippen molar-refractivity contribution in [3.63, 3.8) is 0 Å². The lowest BCUT2D eigenvalue weighted by molar-refractivity contribution is -0.385. The molecule has 1 aliphatic rings. The maximum Gasteiger partial charge on any atom is 0.273 e. The van der Waals surface area contributed by atoms with E-state index in [1.165, 1.54) is 18.2 Å². The molecule has 0 bridgehead atoms. The van der Waals surface area contributed by atoms with Crippen LogP contribution < -0.4 is 16.0 Å². The molecule has 3 N–H and O–H groups in total. The van der Waals surface area contributed by atoms with Gasteiger partial charge in [-0.15, -0.1) is 0 Å². The summed E-state index contributed by atoms with van der Waals surface area (Å²) in [7, 11) is 0. The number of likely N-dealkylation sites (tertiary alicyclic amines) is 1. The van der Waals surface area contributed by atoms with Crippen molar-refractivity contribution in [3.05, 3.63) is 69.8 Å². The lowest BCUT2D eigenvalue weighted by atomic mass is 10.0. The standard InChI is InChI=1S/C23H27N5O5/c1-16-7-8-17(13-20(16)28(32)33)23(31)24-14-21(29)25-19-9-11-27(12-10-19)15-22(30)26-18-5-3-2-4-6-18/h2-8,13,19H,9-12,14-15H2,1H3,(H,24,31)(H,25,29)(H,26,30). The quantitative estimate of drug-likeness (QED) is 0.413. The van der Waals surface area contributed by atoms with E-state index in [9.17, 15) is 24.5 Å². The molecule has 2 aromatic carbocycles. The Morgan fingerprint density at radius 2 is 1.76 bits per heavy atom. The van der Waals surface area contributed by atoms with Crippen molar-refractivity contribution >= 4 is 29.1 Å². The smallest absolute Gasteiger partial charge is 0.273 e. The van der Waals surface area contributed by atoms with Crippen LogP contribution in [0.4, 0.5) is 11.4 Å². The molecule has 1 aliphatic heterocycles. The number of anilines is 1. The van der Waals surface area contributed by atoms with Gasteiger partial charge in [-0.2, -0.15) is 0 Å². The summed E-state index contributed by atoms with van der Waals surface area (Å²) in [6, 6.07) is 13.4. The lowest BCUT2D eigenvalue weighted by Crippen LogP contribution is -2.48. The highest BCUT2D eigenvalue weighted by Crippen LogP contribution is 2.19. The Hall–Kier alpha value is -3.79. The van der Waals surface area contributed by atoms with E-state index < -0.39 is 10.8 Å². The molecule has 2 aromatic rings. The molecule has 33 heavy (non-hydrogen) atoms. The summed E-state index contributed by atoms with van der Waals surface area (Å²) in [5, 5.41) is 19.3. The van der Waals surface area contributed by atoms with Gasteiger partial charge in [-0.05, 0) is 38.0 Å². The van der Waals surface area contributed by atoms with Crippen molar-refractivity contribution in [2.75, 3.05) is 31.5 Å². The van der Waals surface area contributed by atoms with E-state index in [1.54, 1.807) is 6.92 Å². The summed E-state index contributed by atoms with van der Waals surface area (Å²) < 4.78 is 0. The Morgan fingerprint density at radius 3 is 2.42 bits per heavy atom. The molecule has 1 saturated heterocycles. The molecule has 0 aliphatic carbocycles. The van der Waals surface area contributed by atoms with E-state index >= 15 is 0 Å². The number of hydrogen-bond acceptors (Lipinski definition) is 6. The van der Waals surface area contributed by atoms with Crippen LogP contribution in [-0.2, 0) is 9.59 Å². The number of amides is 3.